The maximum atomic E-state index is 11.9. The largest absolute Gasteiger partial charge is 0.353 e. The Morgan fingerprint density at radius 1 is 1.14 bits per heavy atom. The predicted molar refractivity (Wildman–Crippen MR) is 111 cm³/mol. The van der Waals surface area contributed by atoms with Gasteiger partial charge in [-0.3, -0.25) is 9.69 Å². The van der Waals surface area contributed by atoms with Crippen LogP contribution in [-0.2, 0) is 11.3 Å². The number of carbonyl (C=O) groups excluding carboxylic acids is 1. The van der Waals surface area contributed by atoms with Gasteiger partial charge in [-0.25, -0.2) is 4.68 Å². The molecule has 1 saturated carbocycles. The summed E-state index contributed by atoms with van der Waals surface area (Å²) in [6.07, 6.45) is 6.49. The van der Waals surface area contributed by atoms with Crippen LogP contribution in [0.5, 0.6) is 0 Å². The summed E-state index contributed by atoms with van der Waals surface area (Å²) in [6.45, 7) is 7.37. The van der Waals surface area contributed by atoms with Gasteiger partial charge in [0.2, 0.25) is 5.91 Å². The van der Waals surface area contributed by atoms with E-state index in [0.717, 1.165) is 37.4 Å². The number of benzene rings is 1. The van der Waals surface area contributed by atoms with Crippen LogP contribution in [0.15, 0.2) is 30.3 Å². The lowest BCUT2D eigenvalue weighted by atomic mass is 9.92. The fourth-order valence-electron chi connectivity index (χ4n) is 4.23. The van der Waals surface area contributed by atoms with Crippen LogP contribution in [0, 0.1) is 19.8 Å². The number of likely N-dealkylation sites (tertiary alicyclic amines) is 1. The van der Waals surface area contributed by atoms with Crippen molar-refractivity contribution in [2.75, 3.05) is 13.1 Å². The molecule has 1 aromatic carbocycles. The van der Waals surface area contributed by atoms with E-state index in [1.54, 1.807) is 0 Å². The normalized spacial score (nSPS) is 18.4. The molecule has 1 N–H and O–H groups in total. The van der Waals surface area contributed by atoms with Crippen LogP contribution in [0.3, 0.4) is 0 Å². The third-order valence-electron chi connectivity index (χ3n) is 6.00. The number of nitrogens with one attached hydrogen (secondary N) is 1. The lowest BCUT2D eigenvalue weighted by molar-refractivity contribution is -0.121. The van der Waals surface area contributed by atoms with Crippen molar-refractivity contribution in [3.05, 3.63) is 47.3 Å². The van der Waals surface area contributed by atoms with E-state index in [4.69, 9.17) is 0 Å². The fraction of sp³-hybridized carbons (Fsp3) is 0.565. The van der Waals surface area contributed by atoms with Gasteiger partial charge >= 0.3 is 0 Å². The maximum absolute atomic E-state index is 11.9. The standard InChI is InChI=1S/C23H32N4O/c1-17-14-18(2)27(25-17)22-5-3-4-20(15-22)16-26-12-10-19(11-13-26)6-9-23(28)24-21-7-8-21/h3-5,14-15,19,21H,6-13,16H2,1-2H3,(H,24,28). The number of aryl methyl sites for hydroxylation is 2. The van der Waals surface area contributed by atoms with Gasteiger partial charge in [-0.1, -0.05) is 12.1 Å². The molecule has 2 aromatic rings. The van der Waals surface area contributed by atoms with Gasteiger partial charge in [0.15, 0.2) is 0 Å². The minimum Gasteiger partial charge on any atom is -0.353 e. The Morgan fingerprint density at radius 3 is 2.61 bits per heavy atom. The summed E-state index contributed by atoms with van der Waals surface area (Å²) in [6, 6.07) is 11.3. The van der Waals surface area contributed by atoms with Crippen LogP contribution in [0.25, 0.3) is 5.69 Å². The summed E-state index contributed by atoms with van der Waals surface area (Å²) in [4.78, 5) is 14.4. The molecular weight excluding hydrogens is 348 g/mol. The molecule has 28 heavy (non-hydrogen) atoms. The SMILES string of the molecule is Cc1cc(C)n(-c2cccc(CN3CCC(CCC(=O)NC4CC4)CC3)c2)n1. The minimum atomic E-state index is 0.255. The second kappa shape index (κ2) is 8.48. The van der Waals surface area contributed by atoms with Gasteiger partial charge in [0.05, 0.1) is 11.4 Å². The average molecular weight is 381 g/mol. The molecule has 2 aliphatic rings. The molecule has 0 spiro atoms. The van der Waals surface area contributed by atoms with Crippen molar-refractivity contribution in [3.63, 3.8) is 0 Å². The molecule has 5 heteroatoms. The molecule has 5 nitrogen and oxygen atoms in total. The molecule has 0 bridgehead atoms. The molecule has 1 aliphatic carbocycles. The molecule has 1 aliphatic heterocycles. The minimum absolute atomic E-state index is 0.255. The molecule has 0 unspecified atom stereocenters. The number of nitrogens with zero attached hydrogens (tertiary/aromatic N) is 3. The average Bonchev–Trinajstić information content (AvgIpc) is 3.43. The first kappa shape index (κ1) is 19.2. The Morgan fingerprint density at radius 2 is 1.93 bits per heavy atom. The highest BCUT2D eigenvalue weighted by Gasteiger charge is 2.24. The number of hydrogen-bond donors (Lipinski definition) is 1. The summed E-state index contributed by atoms with van der Waals surface area (Å²) < 4.78 is 2.03. The van der Waals surface area contributed by atoms with Gasteiger partial charge in [0.25, 0.3) is 0 Å². The summed E-state index contributed by atoms with van der Waals surface area (Å²) >= 11 is 0. The lowest BCUT2D eigenvalue weighted by Gasteiger charge is -2.32. The first-order valence-corrected chi connectivity index (χ1v) is 10.7. The number of carbonyl (C=O) groups is 1. The van der Waals surface area contributed by atoms with Crippen LogP contribution in [-0.4, -0.2) is 39.7 Å². The molecule has 150 valence electrons. The molecule has 2 heterocycles. The topological polar surface area (TPSA) is 50.2 Å². The molecule has 1 aromatic heterocycles. The van der Waals surface area contributed by atoms with E-state index in [2.05, 4.69) is 52.6 Å². The molecular formula is C23H32N4O. The zero-order chi connectivity index (χ0) is 19.5. The van der Waals surface area contributed by atoms with Crippen molar-refractivity contribution >= 4 is 5.91 Å². The van der Waals surface area contributed by atoms with E-state index in [1.165, 1.54) is 36.9 Å². The highest BCUT2D eigenvalue weighted by Crippen LogP contribution is 2.24. The molecule has 0 radical (unpaired) electrons. The summed E-state index contributed by atoms with van der Waals surface area (Å²) in [5, 5.41) is 7.71. The second-order valence-electron chi connectivity index (χ2n) is 8.61. The maximum Gasteiger partial charge on any atom is 0.220 e. The van der Waals surface area contributed by atoms with Crippen molar-refractivity contribution in [2.45, 2.75) is 65.0 Å². The molecule has 0 atom stereocenters. The van der Waals surface area contributed by atoms with Crippen molar-refractivity contribution in [1.82, 2.24) is 20.0 Å². The Bertz CT molecular complexity index is 816. The predicted octanol–water partition coefficient (Wildman–Crippen LogP) is 3.76. The van der Waals surface area contributed by atoms with Gasteiger partial charge in [-0.05, 0) is 88.7 Å². The second-order valence-corrected chi connectivity index (χ2v) is 8.61. The van der Waals surface area contributed by atoms with Crippen molar-refractivity contribution in [3.8, 4) is 5.69 Å². The fourth-order valence-corrected chi connectivity index (χ4v) is 4.23. The molecule has 2 fully saturated rings. The van der Waals surface area contributed by atoms with Crippen LogP contribution >= 0.6 is 0 Å². The van der Waals surface area contributed by atoms with Gasteiger partial charge < -0.3 is 5.32 Å². The van der Waals surface area contributed by atoms with E-state index >= 15 is 0 Å². The highest BCUT2D eigenvalue weighted by molar-refractivity contribution is 5.76. The van der Waals surface area contributed by atoms with Crippen LogP contribution in [0.4, 0.5) is 0 Å². The van der Waals surface area contributed by atoms with Gasteiger partial charge in [0.1, 0.15) is 0 Å². The molecule has 1 saturated heterocycles. The van der Waals surface area contributed by atoms with Gasteiger partial charge in [-0.2, -0.15) is 5.10 Å². The van der Waals surface area contributed by atoms with E-state index in [-0.39, 0.29) is 5.91 Å². The molecule has 4 rings (SSSR count). The van der Waals surface area contributed by atoms with Gasteiger partial charge in [-0.15, -0.1) is 0 Å². The van der Waals surface area contributed by atoms with E-state index in [9.17, 15) is 4.79 Å². The Kier molecular flexibility index (Phi) is 5.81. The van der Waals surface area contributed by atoms with E-state index in [1.807, 2.05) is 11.6 Å². The van der Waals surface area contributed by atoms with E-state index < -0.39 is 0 Å². The van der Waals surface area contributed by atoms with Crippen LogP contribution in [0.2, 0.25) is 0 Å². The zero-order valence-electron chi connectivity index (χ0n) is 17.2. The number of rotatable bonds is 7. The lowest BCUT2D eigenvalue weighted by Crippen LogP contribution is -2.34. The Labute approximate surface area is 168 Å². The number of piperidine rings is 1. The third kappa shape index (κ3) is 5.02. The summed E-state index contributed by atoms with van der Waals surface area (Å²) in [5.41, 5.74) is 4.70. The third-order valence-corrected chi connectivity index (χ3v) is 6.00. The summed E-state index contributed by atoms with van der Waals surface area (Å²) in [5.74, 6) is 0.952. The number of amides is 1. The van der Waals surface area contributed by atoms with E-state index in [0.29, 0.717) is 18.4 Å². The first-order chi connectivity index (χ1) is 13.6. The van der Waals surface area contributed by atoms with Gasteiger partial charge in [0, 0.05) is 24.7 Å². The van der Waals surface area contributed by atoms with Crippen LogP contribution < -0.4 is 5.32 Å². The van der Waals surface area contributed by atoms with Crippen LogP contribution in [0.1, 0.15) is 55.5 Å². The highest BCUT2D eigenvalue weighted by atomic mass is 16.1. The number of aromatic nitrogens is 2. The zero-order valence-corrected chi connectivity index (χ0v) is 17.2. The van der Waals surface area contributed by atoms with Crippen molar-refractivity contribution in [2.24, 2.45) is 5.92 Å². The van der Waals surface area contributed by atoms with Crippen molar-refractivity contribution < 1.29 is 4.79 Å². The van der Waals surface area contributed by atoms with Crippen molar-refractivity contribution in [1.29, 1.82) is 0 Å². The monoisotopic (exact) mass is 380 g/mol. The number of hydrogen-bond acceptors (Lipinski definition) is 3. The Balaban J connectivity index is 1.26. The summed E-state index contributed by atoms with van der Waals surface area (Å²) in [7, 11) is 0. The smallest absolute Gasteiger partial charge is 0.220 e. The quantitative estimate of drug-likeness (QED) is 0.796. The first-order valence-electron chi connectivity index (χ1n) is 10.7. The molecule has 1 amide bonds. The Hall–Kier alpha value is -2.14.